The van der Waals surface area contributed by atoms with Gasteiger partial charge in [0.1, 0.15) is 5.78 Å². The second-order valence-electron chi connectivity index (χ2n) is 11.2. The van der Waals surface area contributed by atoms with Crippen molar-refractivity contribution in [1.29, 1.82) is 0 Å². The van der Waals surface area contributed by atoms with Gasteiger partial charge in [-0.15, -0.1) is 0 Å². The molecule has 2 aromatic rings. The Balaban J connectivity index is 1.73. The molecule has 1 fully saturated rings. The Morgan fingerprint density at radius 2 is 1.67 bits per heavy atom. The molecule has 0 bridgehead atoms. The summed E-state index contributed by atoms with van der Waals surface area (Å²) in [7, 11) is 4.06. The van der Waals surface area contributed by atoms with Crippen molar-refractivity contribution in [2.24, 2.45) is 16.3 Å². The van der Waals surface area contributed by atoms with Crippen LogP contribution in [0.4, 0.5) is 0 Å². The first-order valence-electron chi connectivity index (χ1n) is 13.1. The molecule has 1 saturated carbocycles. The molecule has 0 radical (unpaired) electrons. The van der Waals surface area contributed by atoms with E-state index in [1.165, 1.54) is 0 Å². The summed E-state index contributed by atoms with van der Waals surface area (Å²) in [5.74, 6) is -0.591. The summed E-state index contributed by atoms with van der Waals surface area (Å²) < 4.78 is 0. The standard InChI is InChI=1S/C31H39N3O2/c1-6-24-29(30(36)32-17-10-18-34(4)5)27(28-25(33-24)19-31(2,3)20-26(28)35)23-15-13-22(14-16-23)21-11-8-7-9-12-21/h7-9,11-16,27-28H,6,10,17-20H2,1-5H3,(H,32,36). The number of aliphatic imine (C=N–C) groups is 1. The van der Waals surface area contributed by atoms with Crippen LogP contribution in [-0.4, -0.2) is 49.5 Å². The third-order valence-corrected chi connectivity index (χ3v) is 7.28. The van der Waals surface area contributed by atoms with Crippen molar-refractivity contribution in [3.05, 3.63) is 71.4 Å². The zero-order valence-corrected chi connectivity index (χ0v) is 22.3. The minimum atomic E-state index is -0.376. The monoisotopic (exact) mass is 485 g/mol. The summed E-state index contributed by atoms with van der Waals surface area (Å²) in [6.45, 7) is 7.82. The van der Waals surface area contributed by atoms with E-state index in [-0.39, 0.29) is 28.9 Å². The van der Waals surface area contributed by atoms with Crippen molar-refractivity contribution in [2.75, 3.05) is 27.2 Å². The van der Waals surface area contributed by atoms with Gasteiger partial charge in [0.2, 0.25) is 5.91 Å². The van der Waals surface area contributed by atoms with Gasteiger partial charge in [-0.3, -0.25) is 14.6 Å². The molecule has 2 aromatic carbocycles. The van der Waals surface area contributed by atoms with E-state index < -0.39 is 0 Å². The average molecular weight is 486 g/mol. The van der Waals surface area contributed by atoms with E-state index in [4.69, 9.17) is 4.99 Å². The van der Waals surface area contributed by atoms with Crippen LogP contribution in [0.1, 0.15) is 57.9 Å². The maximum atomic E-state index is 13.6. The number of carbonyl (C=O) groups excluding carboxylic acids is 2. The van der Waals surface area contributed by atoms with Crippen molar-refractivity contribution in [3.8, 4) is 11.1 Å². The first-order valence-corrected chi connectivity index (χ1v) is 13.1. The van der Waals surface area contributed by atoms with Gasteiger partial charge in [0, 0.05) is 35.9 Å². The number of hydrogen-bond donors (Lipinski definition) is 1. The summed E-state index contributed by atoms with van der Waals surface area (Å²) >= 11 is 0. The number of benzene rings is 2. The molecule has 2 unspecified atom stereocenters. The van der Waals surface area contributed by atoms with E-state index in [0.717, 1.165) is 47.5 Å². The number of Topliss-reactive ketones (excluding diaryl/α,β-unsaturated/α-hetero) is 1. The topological polar surface area (TPSA) is 61.8 Å². The third kappa shape index (κ3) is 5.67. The van der Waals surface area contributed by atoms with Crippen LogP contribution in [0.2, 0.25) is 0 Å². The van der Waals surface area contributed by atoms with Crippen molar-refractivity contribution < 1.29 is 9.59 Å². The maximum Gasteiger partial charge on any atom is 0.249 e. The average Bonchev–Trinajstić information content (AvgIpc) is 2.85. The summed E-state index contributed by atoms with van der Waals surface area (Å²) in [4.78, 5) is 34.3. The highest BCUT2D eigenvalue weighted by atomic mass is 16.2. The summed E-state index contributed by atoms with van der Waals surface area (Å²) in [6, 6.07) is 18.7. The van der Waals surface area contributed by atoms with Gasteiger partial charge in [-0.25, -0.2) is 0 Å². The van der Waals surface area contributed by atoms with Gasteiger partial charge in [0.15, 0.2) is 0 Å². The quantitative estimate of drug-likeness (QED) is 0.493. The van der Waals surface area contributed by atoms with E-state index in [0.29, 0.717) is 25.0 Å². The highest BCUT2D eigenvalue weighted by Crippen LogP contribution is 2.47. The lowest BCUT2D eigenvalue weighted by atomic mass is 9.63. The molecule has 1 aliphatic heterocycles. The fraction of sp³-hybridized carbons (Fsp3) is 0.452. The molecule has 0 spiro atoms. The van der Waals surface area contributed by atoms with Crippen LogP contribution in [0.25, 0.3) is 11.1 Å². The molecule has 0 aromatic heterocycles. The lowest BCUT2D eigenvalue weighted by Crippen LogP contribution is -2.45. The second-order valence-corrected chi connectivity index (χ2v) is 11.2. The van der Waals surface area contributed by atoms with E-state index >= 15 is 0 Å². The van der Waals surface area contributed by atoms with Crippen LogP contribution in [0.5, 0.6) is 0 Å². The van der Waals surface area contributed by atoms with Crippen LogP contribution in [0.3, 0.4) is 0 Å². The van der Waals surface area contributed by atoms with Gasteiger partial charge in [0.05, 0.1) is 5.92 Å². The lowest BCUT2D eigenvalue weighted by molar-refractivity contribution is -0.124. The molecule has 5 nitrogen and oxygen atoms in total. The molecule has 190 valence electrons. The normalized spacial score (nSPS) is 21.3. The fourth-order valence-corrected chi connectivity index (χ4v) is 5.60. The Labute approximate surface area is 215 Å². The smallest absolute Gasteiger partial charge is 0.249 e. The number of hydrogen-bond acceptors (Lipinski definition) is 4. The van der Waals surface area contributed by atoms with Gasteiger partial charge in [-0.1, -0.05) is 75.4 Å². The third-order valence-electron chi connectivity index (χ3n) is 7.28. The van der Waals surface area contributed by atoms with Gasteiger partial charge in [-0.05, 0) is 62.0 Å². The number of ketones is 1. The maximum absolute atomic E-state index is 13.6. The number of nitrogens with one attached hydrogen (secondary N) is 1. The SMILES string of the molecule is CCC1=C(C(=O)NCCCN(C)C)C(c2ccc(-c3ccccc3)cc2)C2C(=O)CC(C)(C)CC2=N1. The highest BCUT2D eigenvalue weighted by Gasteiger charge is 2.47. The molecule has 1 aliphatic carbocycles. The predicted octanol–water partition coefficient (Wildman–Crippen LogP) is 5.63. The van der Waals surface area contributed by atoms with Crippen molar-refractivity contribution in [3.63, 3.8) is 0 Å². The van der Waals surface area contributed by atoms with E-state index in [1.807, 2.05) is 39.2 Å². The van der Waals surface area contributed by atoms with Crippen molar-refractivity contribution >= 4 is 17.4 Å². The molecule has 5 heteroatoms. The molecule has 4 rings (SSSR count). The van der Waals surface area contributed by atoms with Gasteiger partial charge < -0.3 is 10.2 Å². The second kappa shape index (κ2) is 10.9. The molecule has 2 aliphatic rings. The van der Waals surface area contributed by atoms with Crippen LogP contribution < -0.4 is 5.32 Å². The first-order chi connectivity index (χ1) is 17.2. The zero-order chi connectivity index (χ0) is 25.9. The molecule has 1 amide bonds. The lowest BCUT2D eigenvalue weighted by Gasteiger charge is -2.41. The van der Waals surface area contributed by atoms with Gasteiger partial charge in [0.25, 0.3) is 0 Å². The fourth-order valence-electron chi connectivity index (χ4n) is 5.60. The Kier molecular flexibility index (Phi) is 7.89. The van der Waals surface area contributed by atoms with Crippen LogP contribution >= 0.6 is 0 Å². The molecular weight excluding hydrogens is 446 g/mol. The van der Waals surface area contributed by atoms with Crippen LogP contribution in [0.15, 0.2) is 70.9 Å². The van der Waals surface area contributed by atoms with E-state index in [1.54, 1.807) is 0 Å². The largest absolute Gasteiger partial charge is 0.352 e. The number of rotatable bonds is 8. The molecule has 1 N–H and O–H groups in total. The summed E-state index contributed by atoms with van der Waals surface area (Å²) in [5.41, 5.74) is 5.58. The highest BCUT2D eigenvalue weighted by molar-refractivity contribution is 6.12. The summed E-state index contributed by atoms with van der Waals surface area (Å²) in [5, 5.41) is 3.13. The minimum Gasteiger partial charge on any atom is -0.352 e. The van der Waals surface area contributed by atoms with Crippen LogP contribution in [0, 0.1) is 11.3 Å². The Hall–Kier alpha value is -3.05. The summed E-state index contributed by atoms with van der Waals surface area (Å²) in [6.07, 6.45) is 2.82. The number of fused-ring (bicyclic) bond motifs is 1. The molecule has 2 atom stereocenters. The molecule has 0 saturated heterocycles. The van der Waals surface area contributed by atoms with E-state index in [9.17, 15) is 9.59 Å². The zero-order valence-electron chi connectivity index (χ0n) is 22.3. The first kappa shape index (κ1) is 26.0. The molecule has 1 heterocycles. The number of allylic oxidation sites excluding steroid dienone is 1. The van der Waals surface area contributed by atoms with Crippen LogP contribution in [-0.2, 0) is 9.59 Å². The van der Waals surface area contributed by atoms with Crippen molar-refractivity contribution in [1.82, 2.24) is 10.2 Å². The minimum absolute atomic E-state index is 0.0943. The predicted molar refractivity (Wildman–Crippen MR) is 147 cm³/mol. The van der Waals surface area contributed by atoms with Crippen molar-refractivity contribution in [2.45, 2.75) is 52.4 Å². The van der Waals surface area contributed by atoms with Gasteiger partial charge in [-0.2, -0.15) is 0 Å². The Bertz CT molecular complexity index is 1160. The number of amides is 1. The Morgan fingerprint density at radius 1 is 1.00 bits per heavy atom. The molecular formula is C31H39N3O2. The molecule has 36 heavy (non-hydrogen) atoms. The number of carbonyl (C=O) groups is 2. The van der Waals surface area contributed by atoms with E-state index in [2.05, 4.69) is 60.5 Å². The Morgan fingerprint density at radius 3 is 2.31 bits per heavy atom. The van der Waals surface area contributed by atoms with Gasteiger partial charge >= 0.3 is 0 Å². The number of nitrogens with zero attached hydrogens (tertiary/aromatic N) is 2.